The van der Waals surface area contributed by atoms with Crippen molar-refractivity contribution in [3.05, 3.63) is 59.4 Å². The second-order valence-corrected chi connectivity index (χ2v) is 10.3. The van der Waals surface area contributed by atoms with Gasteiger partial charge in [0.2, 0.25) is 5.91 Å². The van der Waals surface area contributed by atoms with Gasteiger partial charge in [0.05, 0.1) is 23.1 Å². The molecule has 0 saturated carbocycles. The number of nitriles is 1. The molecule has 3 aliphatic heterocycles. The van der Waals surface area contributed by atoms with Gasteiger partial charge in [0.25, 0.3) is 0 Å². The summed E-state index contributed by atoms with van der Waals surface area (Å²) >= 11 is 0. The van der Waals surface area contributed by atoms with Crippen LogP contribution in [0.3, 0.4) is 0 Å². The van der Waals surface area contributed by atoms with Gasteiger partial charge in [-0.15, -0.1) is 0 Å². The largest absolute Gasteiger partial charge is 0.417 e. The number of hydrogen-bond acceptors (Lipinski definition) is 5. The Labute approximate surface area is 209 Å². The zero-order valence-corrected chi connectivity index (χ0v) is 20.2. The van der Waals surface area contributed by atoms with Gasteiger partial charge in [0, 0.05) is 63.9 Å². The van der Waals surface area contributed by atoms with Crippen molar-refractivity contribution in [3.8, 4) is 6.07 Å². The monoisotopic (exact) mass is 497 g/mol. The first kappa shape index (κ1) is 24.6. The average Bonchev–Trinajstić information content (AvgIpc) is 3.53. The van der Waals surface area contributed by atoms with Crippen LogP contribution in [0.2, 0.25) is 0 Å². The molecule has 0 aliphatic carbocycles. The zero-order chi connectivity index (χ0) is 25.3. The Bertz CT molecular complexity index is 1130. The molecule has 5 rings (SSSR count). The highest BCUT2D eigenvalue weighted by Crippen LogP contribution is 2.47. The van der Waals surface area contributed by atoms with Crippen LogP contribution in [0, 0.1) is 22.7 Å². The minimum absolute atomic E-state index is 0.105. The Hall–Kier alpha value is -3.12. The molecular weight excluding hydrogens is 467 g/mol. The van der Waals surface area contributed by atoms with Crippen LogP contribution in [0.15, 0.2) is 42.7 Å². The second kappa shape index (κ2) is 9.74. The highest BCUT2D eigenvalue weighted by molar-refractivity contribution is 5.80. The summed E-state index contributed by atoms with van der Waals surface area (Å²) in [5, 5.41) is 9.12. The van der Waals surface area contributed by atoms with E-state index in [1.807, 2.05) is 21.9 Å². The number of anilines is 1. The normalized spacial score (nSPS) is 22.2. The SMILES string of the molecule is N#Cc1ccc(N2CCC3(CC2)CN(Cc2ccncc2)CC3C(=O)N2CCCC2)cc1C(F)(F)F. The summed E-state index contributed by atoms with van der Waals surface area (Å²) < 4.78 is 40.5. The lowest BCUT2D eigenvalue weighted by Crippen LogP contribution is -2.49. The number of pyridine rings is 1. The zero-order valence-electron chi connectivity index (χ0n) is 20.2. The third-order valence-electron chi connectivity index (χ3n) is 8.14. The van der Waals surface area contributed by atoms with Crippen molar-refractivity contribution >= 4 is 11.6 Å². The molecule has 3 aliphatic rings. The number of likely N-dealkylation sites (tertiary alicyclic amines) is 2. The predicted octanol–water partition coefficient (Wildman–Crippen LogP) is 4.31. The van der Waals surface area contributed by atoms with E-state index in [1.54, 1.807) is 24.5 Å². The standard InChI is InChI=1S/C27H30F3N5O/c28-27(29,30)23-15-22(4-3-21(23)16-31)34-13-7-26(8-14-34)19-33(17-20-5-9-32-10-6-20)18-24(26)25(36)35-11-1-2-12-35/h3-6,9-10,15,24H,1-2,7-8,11-14,17-19H2. The summed E-state index contributed by atoms with van der Waals surface area (Å²) in [6, 6.07) is 9.59. The van der Waals surface area contributed by atoms with Gasteiger partial charge in [-0.3, -0.25) is 14.7 Å². The van der Waals surface area contributed by atoms with E-state index >= 15 is 0 Å². The first-order valence-corrected chi connectivity index (χ1v) is 12.6. The molecule has 1 unspecified atom stereocenters. The summed E-state index contributed by atoms with van der Waals surface area (Å²) in [7, 11) is 0. The summed E-state index contributed by atoms with van der Waals surface area (Å²) in [5.41, 5.74) is 0.185. The number of hydrogen-bond donors (Lipinski definition) is 0. The van der Waals surface area contributed by atoms with E-state index < -0.39 is 11.7 Å². The number of carbonyl (C=O) groups is 1. The van der Waals surface area contributed by atoms with Gasteiger partial charge >= 0.3 is 6.18 Å². The van der Waals surface area contributed by atoms with Crippen molar-refractivity contribution in [2.24, 2.45) is 11.3 Å². The number of benzene rings is 1. The molecule has 1 spiro atoms. The number of amides is 1. The highest BCUT2D eigenvalue weighted by Gasteiger charge is 2.52. The lowest BCUT2D eigenvalue weighted by Gasteiger charge is -2.44. The van der Waals surface area contributed by atoms with Gasteiger partial charge in [-0.1, -0.05) is 0 Å². The smallest absolute Gasteiger partial charge is 0.371 e. The molecule has 0 radical (unpaired) electrons. The predicted molar refractivity (Wildman–Crippen MR) is 129 cm³/mol. The highest BCUT2D eigenvalue weighted by atomic mass is 19.4. The maximum Gasteiger partial charge on any atom is 0.417 e. The molecule has 1 aromatic heterocycles. The Morgan fingerprint density at radius 3 is 2.42 bits per heavy atom. The van der Waals surface area contributed by atoms with Crippen LogP contribution in [0.25, 0.3) is 0 Å². The van der Waals surface area contributed by atoms with Crippen LogP contribution in [0.4, 0.5) is 18.9 Å². The molecule has 6 nitrogen and oxygen atoms in total. The molecular formula is C27H30F3N5O. The van der Waals surface area contributed by atoms with Crippen LogP contribution in [-0.4, -0.2) is 60.0 Å². The maximum absolute atomic E-state index is 13.6. The van der Waals surface area contributed by atoms with E-state index in [4.69, 9.17) is 5.26 Å². The van der Waals surface area contributed by atoms with Crippen LogP contribution in [-0.2, 0) is 17.5 Å². The Morgan fingerprint density at radius 2 is 1.78 bits per heavy atom. The Morgan fingerprint density at radius 1 is 1.08 bits per heavy atom. The maximum atomic E-state index is 13.6. The fourth-order valence-corrected chi connectivity index (χ4v) is 6.21. The summed E-state index contributed by atoms with van der Waals surface area (Å²) in [6.07, 6.45) is 2.54. The van der Waals surface area contributed by atoms with Crippen molar-refractivity contribution < 1.29 is 18.0 Å². The molecule has 1 aromatic carbocycles. The number of nitrogens with zero attached hydrogens (tertiary/aromatic N) is 5. The summed E-state index contributed by atoms with van der Waals surface area (Å²) in [4.78, 5) is 24.0. The van der Waals surface area contributed by atoms with Crippen LogP contribution < -0.4 is 4.90 Å². The van der Waals surface area contributed by atoms with E-state index in [0.717, 1.165) is 63.5 Å². The van der Waals surface area contributed by atoms with Crippen molar-refractivity contribution in [1.29, 1.82) is 5.26 Å². The Balaban J connectivity index is 1.35. The van der Waals surface area contributed by atoms with Crippen molar-refractivity contribution in [1.82, 2.24) is 14.8 Å². The van der Waals surface area contributed by atoms with E-state index in [0.29, 0.717) is 25.3 Å². The average molecular weight is 498 g/mol. The molecule has 36 heavy (non-hydrogen) atoms. The van der Waals surface area contributed by atoms with Gasteiger partial charge < -0.3 is 9.80 Å². The molecule has 4 heterocycles. The quantitative estimate of drug-likeness (QED) is 0.630. The van der Waals surface area contributed by atoms with E-state index in [-0.39, 0.29) is 22.8 Å². The molecule has 3 fully saturated rings. The summed E-state index contributed by atoms with van der Waals surface area (Å²) in [5.74, 6) is 0.127. The number of aromatic nitrogens is 1. The second-order valence-electron chi connectivity index (χ2n) is 10.3. The topological polar surface area (TPSA) is 63.5 Å². The number of piperidine rings is 1. The van der Waals surface area contributed by atoms with E-state index in [9.17, 15) is 18.0 Å². The number of rotatable bonds is 4. The minimum Gasteiger partial charge on any atom is -0.371 e. The third kappa shape index (κ3) is 4.79. The van der Waals surface area contributed by atoms with Crippen molar-refractivity contribution in [2.75, 3.05) is 44.2 Å². The molecule has 1 atom stereocenters. The lowest BCUT2D eigenvalue weighted by atomic mass is 9.70. The van der Waals surface area contributed by atoms with Crippen LogP contribution >= 0.6 is 0 Å². The number of halogens is 3. The van der Waals surface area contributed by atoms with Gasteiger partial charge in [0.15, 0.2) is 0 Å². The van der Waals surface area contributed by atoms with Gasteiger partial charge in [-0.05, 0) is 67.0 Å². The fourth-order valence-electron chi connectivity index (χ4n) is 6.21. The van der Waals surface area contributed by atoms with E-state index in [2.05, 4.69) is 9.88 Å². The first-order valence-electron chi connectivity index (χ1n) is 12.6. The first-order chi connectivity index (χ1) is 17.3. The van der Waals surface area contributed by atoms with Crippen molar-refractivity contribution in [3.63, 3.8) is 0 Å². The summed E-state index contributed by atoms with van der Waals surface area (Å²) in [6.45, 7) is 5.04. The van der Waals surface area contributed by atoms with Gasteiger partial charge in [-0.25, -0.2) is 0 Å². The minimum atomic E-state index is -4.58. The van der Waals surface area contributed by atoms with Gasteiger partial charge in [0.1, 0.15) is 0 Å². The molecule has 3 saturated heterocycles. The third-order valence-corrected chi connectivity index (χ3v) is 8.14. The van der Waals surface area contributed by atoms with Crippen LogP contribution in [0.1, 0.15) is 42.4 Å². The molecule has 9 heteroatoms. The number of carbonyl (C=O) groups excluding carboxylic acids is 1. The molecule has 2 aromatic rings. The molecule has 0 bridgehead atoms. The molecule has 190 valence electrons. The van der Waals surface area contributed by atoms with Gasteiger partial charge in [-0.2, -0.15) is 18.4 Å². The molecule has 0 N–H and O–H groups in total. The lowest BCUT2D eigenvalue weighted by molar-refractivity contribution is -0.138. The van der Waals surface area contributed by atoms with Crippen LogP contribution in [0.5, 0.6) is 0 Å². The molecule has 1 amide bonds. The van der Waals surface area contributed by atoms with E-state index in [1.165, 1.54) is 6.07 Å². The number of alkyl halides is 3. The van der Waals surface area contributed by atoms with Crippen molar-refractivity contribution in [2.45, 2.75) is 38.4 Å². The fraction of sp³-hybridized carbons (Fsp3) is 0.519. The Kier molecular flexibility index (Phi) is 6.64.